The molecule has 0 spiro atoms. The molecule has 110 valence electrons. The molecule has 4 N–H and O–H groups in total. The maximum atomic E-state index is 12.5. The molecule has 0 saturated carbocycles. The van der Waals surface area contributed by atoms with Crippen molar-refractivity contribution >= 4 is 17.5 Å². The van der Waals surface area contributed by atoms with Gasteiger partial charge in [-0.25, -0.2) is 4.79 Å². The van der Waals surface area contributed by atoms with Crippen LogP contribution in [0.1, 0.15) is 42.2 Å². The largest absolute Gasteiger partial charge is 0.507 e. The number of carboxylic acids is 1. The van der Waals surface area contributed by atoms with Crippen LogP contribution in [-0.4, -0.2) is 38.0 Å². The van der Waals surface area contributed by atoms with E-state index in [-0.39, 0.29) is 11.1 Å². The minimum atomic E-state index is -1.41. The second-order valence-corrected chi connectivity index (χ2v) is 4.70. The van der Waals surface area contributed by atoms with E-state index in [0.717, 1.165) is 12.1 Å². The van der Waals surface area contributed by atoms with Gasteiger partial charge in [-0.15, -0.1) is 0 Å². The molecule has 7 nitrogen and oxygen atoms in total. The lowest BCUT2D eigenvalue weighted by atomic mass is 9.81. The Morgan fingerprint density at radius 3 is 2.18 bits per heavy atom. The second kappa shape index (κ2) is 4.32. The Balaban J connectivity index is 2.44. The van der Waals surface area contributed by atoms with E-state index in [9.17, 15) is 29.7 Å². The zero-order chi connectivity index (χ0) is 16.2. The lowest BCUT2D eigenvalue weighted by Crippen LogP contribution is -2.24. The number of hydrogen-bond acceptors (Lipinski definition) is 6. The molecule has 3 rings (SSSR count). The first-order valence-electron chi connectivity index (χ1n) is 6.08. The van der Waals surface area contributed by atoms with Crippen molar-refractivity contribution in [1.82, 2.24) is 0 Å². The van der Waals surface area contributed by atoms with Gasteiger partial charge in [0.15, 0.2) is 23.1 Å². The molecule has 0 unspecified atom stereocenters. The predicted molar refractivity (Wildman–Crippen MR) is 71.7 cm³/mol. The Bertz CT molecular complexity index is 880. The number of carboxylic acid groups (broad SMARTS) is 1. The molecule has 0 aromatic heterocycles. The van der Waals surface area contributed by atoms with E-state index < -0.39 is 51.5 Å². The van der Waals surface area contributed by atoms with Crippen molar-refractivity contribution < 1.29 is 34.8 Å². The van der Waals surface area contributed by atoms with Crippen molar-refractivity contribution in [3.8, 4) is 17.2 Å². The van der Waals surface area contributed by atoms with Crippen molar-refractivity contribution in [2.75, 3.05) is 0 Å². The van der Waals surface area contributed by atoms with Crippen LogP contribution in [0.3, 0.4) is 0 Å². The average molecular weight is 300 g/mol. The minimum absolute atomic E-state index is 0.183. The first-order valence-corrected chi connectivity index (χ1v) is 6.08. The van der Waals surface area contributed by atoms with Crippen molar-refractivity contribution in [3.63, 3.8) is 0 Å². The van der Waals surface area contributed by atoms with Gasteiger partial charge in [-0.2, -0.15) is 0 Å². The maximum Gasteiger partial charge on any atom is 0.336 e. The van der Waals surface area contributed by atoms with Crippen molar-refractivity contribution in [3.05, 3.63) is 52.1 Å². The third-order valence-electron chi connectivity index (χ3n) is 3.48. The molecule has 0 bridgehead atoms. The monoisotopic (exact) mass is 300 g/mol. The average Bonchev–Trinajstić information content (AvgIpc) is 2.47. The smallest absolute Gasteiger partial charge is 0.336 e. The number of carbonyl (C=O) groups is 3. The number of ketones is 2. The molecule has 0 fully saturated rings. The number of aromatic hydroxyl groups is 3. The van der Waals surface area contributed by atoms with Crippen LogP contribution in [0.15, 0.2) is 24.3 Å². The predicted octanol–water partition coefficient (Wildman–Crippen LogP) is 1.28. The number of fused-ring (bicyclic) bond motifs is 2. The van der Waals surface area contributed by atoms with Crippen LogP contribution in [0.25, 0.3) is 0 Å². The fraction of sp³-hybridized carbons (Fsp3) is 0. The van der Waals surface area contributed by atoms with Crippen LogP contribution in [0, 0.1) is 0 Å². The van der Waals surface area contributed by atoms with Gasteiger partial charge in [0.1, 0.15) is 5.75 Å². The first-order chi connectivity index (χ1) is 10.3. The molecule has 2 aromatic carbocycles. The van der Waals surface area contributed by atoms with Crippen LogP contribution in [0.5, 0.6) is 17.2 Å². The summed E-state index contributed by atoms with van der Waals surface area (Å²) in [6.45, 7) is 0. The minimum Gasteiger partial charge on any atom is -0.507 e. The van der Waals surface area contributed by atoms with Gasteiger partial charge >= 0.3 is 5.97 Å². The molecule has 0 saturated heterocycles. The van der Waals surface area contributed by atoms with Crippen LogP contribution < -0.4 is 0 Å². The molecule has 0 amide bonds. The molecule has 0 heterocycles. The van der Waals surface area contributed by atoms with Crippen LogP contribution in [0.2, 0.25) is 0 Å². The molecular formula is C15H8O7. The van der Waals surface area contributed by atoms with E-state index in [1.54, 1.807) is 0 Å². The van der Waals surface area contributed by atoms with E-state index in [0.29, 0.717) is 0 Å². The fourth-order valence-electron chi connectivity index (χ4n) is 2.52. The number of aromatic carboxylic acids is 1. The Morgan fingerprint density at radius 1 is 0.864 bits per heavy atom. The van der Waals surface area contributed by atoms with Crippen molar-refractivity contribution in [1.29, 1.82) is 0 Å². The highest BCUT2D eigenvalue weighted by atomic mass is 16.4. The van der Waals surface area contributed by atoms with Gasteiger partial charge in [-0.05, 0) is 6.07 Å². The zero-order valence-electron chi connectivity index (χ0n) is 10.8. The quantitative estimate of drug-likeness (QED) is 0.393. The molecule has 7 heteroatoms. The topological polar surface area (TPSA) is 132 Å². The summed E-state index contributed by atoms with van der Waals surface area (Å²) >= 11 is 0. The van der Waals surface area contributed by atoms with Gasteiger partial charge < -0.3 is 20.4 Å². The third-order valence-corrected chi connectivity index (χ3v) is 3.48. The van der Waals surface area contributed by atoms with Crippen molar-refractivity contribution in [2.45, 2.75) is 0 Å². The molecular weight excluding hydrogens is 292 g/mol. The normalized spacial score (nSPS) is 12.7. The summed E-state index contributed by atoms with van der Waals surface area (Å²) in [5.41, 5.74) is -2.03. The maximum absolute atomic E-state index is 12.5. The third kappa shape index (κ3) is 1.59. The second-order valence-electron chi connectivity index (χ2n) is 4.70. The number of benzene rings is 2. The van der Waals surface area contributed by atoms with Gasteiger partial charge in [0, 0.05) is 17.2 Å². The van der Waals surface area contributed by atoms with E-state index >= 15 is 0 Å². The Morgan fingerprint density at radius 2 is 1.55 bits per heavy atom. The summed E-state index contributed by atoms with van der Waals surface area (Å²) in [5.74, 6) is -5.50. The van der Waals surface area contributed by atoms with E-state index in [2.05, 4.69) is 0 Å². The molecule has 0 atom stereocenters. The molecule has 1 aliphatic carbocycles. The van der Waals surface area contributed by atoms with Crippen LogP contribution in [-0.2, 0) is 0 Å². The molecule has 0 aliphatic heterocycles. The van der Waals surface area contributed by atoms with E-state index in [4.69, 9.17) is 5.11 Å². The summed E-state index contributed by atoms with van der Waals surface area (Å²) in [4.78, 5) is 36.2. The van der Waals surface area contributed by atoms with E-state index in [1.807, 2.05) is 0 Å². The lowest BCUT2D eigenvalue weighted by molar-refractivity contribution is 0.0692. The van der Waals surface area contributed by atoms with Crippen molar-refractivity contribution in [2.24, 2.45) is 0 Å². The molecule has 0 radical (unpaired) electrons. The summed E-state index contributed by atoms with van der Waals surface area (Å²) < 4.78 is 0. The highest BCUT2D eigenvalue weighted by molar-refractivity contribution is 6.32. The van der Waals surface area contributed by atoms with Gasteiger partial charge in [-0.3, -0.25) is 9.59 Å². The van der Waals surface area contributed by atoms with Crippen LogP contribution >= 0.6 is 0 Å². The number of rotatable bonds is 1. The van der Waals surface area contributed by atoms with E-state index in [1.165, 1.54) is 12.1 Å². The molecule has 22 heavy (non-hydrogen) atoms. The molecule has 2 aromatic rings. The zero-order valence-corrected chi connectivity index (χ0v) is 10.8. The fourth-order valence-corrected chi connectivity index (χ4v) is 2.52. The summed E-state index contributed by atoms with van der Waals surface area (Å²) in [7, 11) is 0. The summed E-state index contributed by atoms with van der Waals surface area (Å²) in [6, 6.07) is 4.45. The van der Waals surface area contributed by atoms with Gasteiger partial charge in [0.25, 0.3) is 0 Å². The molecule has 1 aliphatic rings. The highest BCUT2D eigenvalue weighted by Gasteiger charge is 2.38. The Kier molecular flexibility index (Phi) is 2.68. The summed E-state index contributed by atoms with van der Waals surface area (Å²) in [5, 5.41) is 38.3. The Hall–Kier alpha value is -3.35. The Labute approximate surface area is 122 Å². The lowest BCUT2D eigenvalue weighted by Gasteiger charge is -2.20. The highest BCUT2D eigenvalue weighted by Crippen LogP contribution is 2.43. The number of hydrogen-bond donors (Lipinski definition) is 4. The summed E-state index contributed by atoms with van der Waals surface area (Å²) in [6.07, 6.45) is 0. The van der Waals surface area contributed by atoms with Gasteiger partial charge in [0.05, 0.1) is 16.7 Å². The van der Waals surface area contributed by atoms with Gasteiger partial charge in [0.2, 0.25) is 0 Å². The van der Waals surface area contributed by atoms with Gasteiger partial charge in [-0.1, -0.05) is 12.1 Å². The first kappa shape index (κ1) is 13.6. The SMILES string of the molecule is O=C(O)c1cccc2c1C(=O)c1c(O)c(O)cc(O)c1C2=O. The number of phenolic OH excluding ortho intramolecular Hbond substituents is 3. The number of phenols is 3. The standard InChI is InChI=1S/C15H8O7/c16-7-4-8(17)13(19)11-10(7)12(18)5-2-1-3-6(15(21)22)9(5)14(11)20/h1-4,16-17,19H,(H,21,22). The number of carbonyl (C=O) groups excluding carboxylic acids is 2. The van der Waals surface area contributed by atoms with Crippen LogP contribution in [0.4, 0.5) is 0 Å².